The number of amides is 3. The second kappa shape index (κ2) is 10.8. The van der Waals surface area contributed by atoms with Crippen LogP contribution in [0.5, 0.6) is 0 Å². The molecule has 0 saturated carbocycles. The molecule has 3 aromatic carbocycles. The summed E-state index contributed by atoms with van der Waals surface area (Å²) < 4.78 is 53.8. The first-order valence-electron chi connectivity index (χ1n) is 10.5. The quantitative estimate of drug-likeness (QED) is 0.402. The van der Waals surface area contributed by atoms with Gasteiger partial charge in [-0.3, -0.25) is 14.4 Å². The minimum Gasteiger partial charge on any atom is -0.352 e. The van der Waals surface area contributed by atoms with Gasteiger partial charge in [0.2, 0.25) is 5.91 Å². The number of halogens is 4. The number of anilines is 2. The molecule has 182 valence electrons. The monoisotopic (exact) mass is 487 g/mol. The molecule has 0 unspecified atom stereocenters. The van der Waals surface area contributed by atoms with E-state index in [-0.39, 0.29) is 24.2 Å². The molecule has 0 spiro atoms. The van der Waals surface area contributed by atoms with Crippen LogP contribution in [0.3, 0.4) is 0 Å². The fourth-order valence-electron chi connectivity index (χ4n) is 3.20. The van der Waals surface area contributed by atoms with Crippen LogP contribution in [0.1, 0.15) is 38.3 Å². The van der Waals surface area contributed by atoms with Crippen LogP contribution in [-0.4, -0.2) is 24.3 Å². The van der Waals surface area contributed by atoms with Gasteiger partial charge in [0, 0.05) is 29.8 Å². The largest absolute Gasteiger partial charge is 0.418 e. The van der Waals surface area contributed by atoms with E-state index in [1.54, 1.807) is 31.2 Å². The molecule has 0 atom stereocenters. The normalized spacial score (nSPS) is 11.0. The molecule has 0 saturated heterocycles. The molecule has 3 N–H and O–H groups in total. The molecule has 0 aliphatic heterocycles. The lowest BCUT2D eigenvalue weighted by Crippen LogP contribution is -2.28. The Morgan fingerprint density at radius 1 is 0.857 bits per heavy atom. The molecule has 10 heteroatoms. The molecule has 0 fully saturated rings. The topological polar surface area (TPSA) is 87.3 Å². The summed E-state index contributed by atoms with van der Waals surface area (Å²) in [6.45, 7) is 1.68. The maximum atomic E-state index is 13.6. The van der Waals surface area contributed by atoms with E-state index in [1.807, 2.05) is 0 Å². The third-order valence-electron chi connectivity index (χ3n) is 4.99. The highest BCUT2D eigenvalue weighted by Gasteiger charge is 2.34. The number of aryl methyl sites for hydroxylation is 1. The zero-order chi connectivity index (χ0) is 25.6. The van der Waals surface area contributed by atoms with E-state index in [0.29, 0.717) is 11.6 Å². The van der Waals surface area contributed by atoms with E-state index < -0.39 is 41.0 Å². The van der Waals surface area contributed by atoms with Gasteiger partial charge in [-0.2, -0.15) is 13.2 Å². The van der Waals surface area contributed by atoms with Crippen molar-refractivity contribution in [2.45, 2.75) is 19.5 Å². The van der Waals surface area contributed by atoms with E-state index in [0.717, 1.165) is 23.8 Å². The lowest BCUT2D eigenvalue weighted by atomic mass is 10.1. The first kappa shape index (κ1) is 25.4. The summed E-state index contributed by atoms with van der Waals surface area (Å²) in [6, 6.07) is 14.3. The van der Waals surface area contributed by atoms with E-state index in [1.165, 1.54) is 18.2 Å². The summed E-state index contributed by atoms with van der Waals surface area (Å²) in [4.78, 5) is 36.6. The Morgan fingerprint density at radius 3 is 2.20 bits per heavy atom. The van der Waals surface area contributed by atoms with Crippen molar-refractivity contribution in [2.24, 2.45) is 0 Å². The number of hydrogen-bond donors (Lipinski definition) is 3. The molecular weight excluding hydrogens is 466 g/mol. The van der Waals surface area contributed by atoms with E-state index in [9.17, 15) is 31.9 Å². The molecule has 3 amide bonds. The Bertz CT molecular complexity index is 1240. The van der Waals surface area contributed by atoms with Crippen molar-refractivity contribution in [2.75, 3.05) is 17.2 Å². The van der Waals surface area contributed by atoms with Gasteiger partial charge in [0.05, 0.1) is 11.3 Å². The van der Waals surface area contributed by atoms with Crippen LogP contribution in [0.4, 0.5) is 28.9 Å². The standard InChI is InChI=1S/C25H21F4N3O3/c1-15-4-2-3-5-19(15)24(35)30-13-12-22(33)32-21-11-10-18(14-20(21)25(27,28)29)31-23(34)16-6-8-17(26)9-7-16/h2-11,14H,12-13H2,1H3,(H,30,35)(H,31,34)(H,32,33). The van der Waals surface area contributed by atoms with Gasteiger partial charge in [0.15, 0.2) is 0 Å². The number of carbonyl (C=O) groups is 3. The second-order valence-corrected chi connectivity index (χ2v) is 7.59. The van der Waals surface area contributed by atoms with Crippen LogP contribution in [0.15, 0.2) is 66.7 Å². The summed E-state index contributed by atoms with van der Waals surface area (Å²) >= 11 is 0. The predicted molar refractivity (Wildman–Crippen MR) is 123 cm³/mol. The molecule has 35 heavy (non-hydrogen) atoms. The van der Waals surface area contributed by atoms with Crippen molar-refractivity contribution >= 4 is 29.1 Å². The highest BCUT2D eigenvalue weighted by atomic mass is 19.4. The third kappa shape index (κ3) is 6.89. The summed E-state index contributed by atoms with van der Waals surface area (Å²) in [5.74, 6) is -2.41. The van der Waals surface area contributed by atoms with Crippen molar-refractivity contribution in [1.82, 2.24) is 5.32 Å². The average Bonchev–Trinajstić information content (AvgIpc) is 2.80. The van der Waals surface area contributed by atoms with Gasteiger partial charge in [-0.05, 0) is 61.0 Å². The van der Waals surface area contributed by atoms with Crippen LogP contribution in [-0.2, 0) is 11.0 Å². The van der Waals surface area contributed by atoms with Gasteiger partial charge in [-0.15, -0.1) is 0 Å². The summed E-state index contributed by atoms with van der Waals surface area (Å²) in [5, 5.41) is 7.07. The molecular formula is C25H21F4N3O3. The molecule has 0 heterocycles. The van der Waals surface area contributed by atoms with Crippen LogP contribution in [0.2, 0.25) is 0 Å². The highest BCUT2D eigenvalue weighted by Crippen LogP contribution is 2.36. The van der Waals surface area contributed by atoms with Crippen molar-refractivity contribution in [3.63, 3.8) is 0 Å². The number of rotatable bonds is 7. The Hall–Kier alpha value is -4.21. The first-order valence-corrected chi connectivity index (χ1v) is 10.5. The molecule has 0 radical (unpaired) electrons. The maximum Gasteiger partial charge on any atom is 0.418 e. The van der Waals surface area contributed by atoms with Gasteiger partial charge in [0.1, 0.15) is 5.82 Å². The number of benzene rings is 3. The number of alkyl halides is 3. The fraction of sp³-hybridized carbons (Fsp3) is 0.160. The minimum absolute atomic E-state index is 0.0603. The Labute approximate surface area is 198 Å². The number of carbonyl (C=O) groups excluding carboxylic acids is 3. The van der Waals surface area contributed by atoms with Gasteiger partial charge in [0.25, 0.3) is 11.8 Å². The minimum atomic E-state index is -4.82. The van der Waals surface area contributed by atoms with Crippen molar-refractivity contribution in [3.05, 3.63) is 94.8 Å². The van der Waals surface area contributed by atoms with Crippen LogP contribution < -0.4 is 16.0 Å². The number of hydrogen-bond acceptors (Lipinski definition) is 3. The van der Waals surface area contributed by atoms with Crippen molar-refractivity contribution in [1.29, 1.82) is 0 Å². The lowest BCUT2D eigenvalue weighted by Gasteiger charge is -2.16. The summed E-state index contributed by atoms with van der Waals surface area (Å²) in [5.41, 5.74) is -0.569. The van der Waals surface area contributed by atoms with E-state index in [4.69, 9.17) is 0 Å². The zero-order valence-corrected chi connectivity index (χ0v) is 18.5. The molecule has 6 nitrogen and oxygen atoms in total. The average molecular weight is 487 g/mol. The van der Waals surface area contributed by atoms with Gasteiger partial charge < -0.3 is 16.0 Å². The van der Waals surface area contributed by atoms with Crippen LogP contribution in [0, 0.1) is 12.7 Å². The third-order valence-corrected chi connectivity index (χ3v) is 4.99. The molecule has 3 aromatic rings. The van der Waals surface area contributed by atoms with Crippen molar-refractivity contribution in [3.8, 4) is 0 Å². The molecule has 0 bridgehead atoms. The number of nitrogens with one attached hydrogen (secondary N) is 3. The molecule has 0 aliphatic carbocycles. The summed E-state index contributed by atoms with van der Waals surface area (Å²) in [7, 11) is 0. The Morgan fingerprint density at radius 2 is 1.54 bits per heavy atom. The molecule has 0 aromatic heterocycles. The lowest BCUT2D eigenvalue weighted by molar-refractivity contribution is -0.136. The van der Waals surface area contributed by atoms with Gasteiger partial charge >= 0.3 is 6.18 Å². The SMILES string of the molecule is Cc1ccccc1C(=O)NCCC(=O)Nc1ccc(NC(=O)c2ccc(F)cc2)cc1C(F)(F)F. The smallest absolute Gasteiger partial charge is 0.352 e. The maximum absolute atomic E-state index is 13.6. The second-order valence-electron chi connectivity index (χ2n) is 7.59. The first-order chi connectivity index (χ1) is 16.5. The van der Waals surface area contributed by atoms with Crippen molar-refractivity contribution < 1.29 is 31.9 Å². The predicted octanol–water partition coefficient (Wildman–Crippen LogP) is 5.16. The Balaban J connectivity index is 1.64. The summed E-state index contributed by atoms with van der Waals surface area (Å²) in [6.07, 6.45) is -5.07. The van der Waals surface area contributed by atoms with Gasteiger partial charge in [-0.25, -0.2) is 4.39 Å². The highest BCUT2D eigenvalue weighted by molar-refractivity contribution is 6.04. The van der Waals surface area contributed by atoms with Crippen LogP contribution in [0.25, 0.3) is 0 Å². The van der Waals surface area contributed by atoms with E-state index in [2.05, 4.69) is 16.0 Å². The molecule has 3 rings (SSSR count). The Kier molecular flexibility index (Phi) is 7.85. The fourth-order valence-corrected chi connectivity index (χ4v) is 3.20. The zero-order valence-electron chi connectivity index (χ0n) is 18.5. The van der Waals surface area contributed by atoms with E-state index >= 15 is 0 Å². The van der Waals surface area contributed by atoms with Crippen LogP contribution >= 0.6 is 0 Å². The molecule has 0 aliphatic rings. The van der Waals surface area contributed by atoms with Gasteiger partial charge in [-0.1, -0.05) is 18.2 Å².